The molecule has 0 atom stereocenters. The third-order valence-corrected chi connectivity index (χ3v) is 13.8. The molecule has 0 heterocycles. The summed E-state index contributed by atoms with van der Waals surface area (Å²) in [7, 11) is 0. The maximum atomic E-state index is 13.4. The van der Waals surface area contributed by atoms with Crippen molar-refractivity contribution in [1.29, 1.82) is 0 Å². The van der Waals surface area contributed by atoms with E-state index in [4.69, 9.17) is 46.0 Å². The van der Waals surface area contributed by atoms with Gasteiger partial charge in [0.15, 0.2) is 0 Å². The van der Waals surface area contributed by atoms with E-state index in [-0.39, 0.29) is 9.93 Å². The summed E-state index contributed by atoms with van der Waals surface area (Å²) >= 11 is 27.2. The molecule has 0 radical (unpaired) electrons. The van der Waals surface area contributed by atoms with E-state index in [1.54, 1.807) is 24.3 Å². The van der Waals surface area contributed by atoms with Gasteiger partial charge in [-0.15, -0.1) is 0 Å². The Kier molecular flexibility index (Phi) is 7.38. The summed E-state index contributed by atoms with van der Waals surface area (Å²) in [4.78, 5) is 13.4. The summed E-state index contributed by atoms with van der Waals surface area (Å²) in [6.45, 7) is 0. The van der Waals surface area contributed by atoms with Crippen molar-refractivity contribution in [3.63, 3.8) is 0 Å². The van der Waals surface area contributed by atoms with Gasteiger partial charge < -0.3 is 0 Å². The van der Waals surface area contributed by atoms with Crippen LogP contribution in [0.5, 0.6) is 0 Å². The Labute approximate surface area is 218 Å². The van der Waals surface area contributed by atoms with Crippen LogP contribution in [0.15, 0.2) is 125 Å². The fourth-order valence-corrected chi connectivity index (χ4v) is 11.4. The van der Waals surface area contributed by atoms with Gasteiger partial charge in [-0.1, -0.05) is 0 Å². The van der Waals surface area contributed by atoms with Crippen molar-refractivity contribution in [2.45, 2.75) is 0 Å². The van der Waals surface area contributed by atoms with E-state index in [1.807, 2.05) is 91.0 Å². The topological polar surface area (TPSA) is 29.1 Å². The average molecular weight is 547 g/mol. The molecule has 1 N–H and O–H groups in total. The molecular weight excluding hydrogens is 527 g/mol. The van der Waals surface area contributed by atoms with Crippen molar-refractivity contribution in [2.75, 3.05) is 0 Å². The molecule has 0 aliphatic rings. The molecule has 0 saturated heterocycles. The molecule has 0 saturated carbocycles. The third kappa shape index (κ3) is 4.26. The molecule has 7 heteroatoms. The van der Waals surface area contributed by atoms with Crippen LogP contribution in [-0.4, -0.2) is 5.91 Å². The number of hydrogen-bond donors (Lipinski definition) is 1. The number of rotatable bonds is 6. The molecular formula is C27H20Cl4NOP. The number of hydrogen-bond acceptors (Lipinski definition) is 1. The molecule has 4 aromatic rings. The van der Waals surface area contributed by atoms with Crippen LogP contribution in [0.1, 0.15) is 10.4 Å². The fourth-order valence-electron chi connectivity index (χ4n) is 4.05. The Morgan fingerprint density at radius 1 is 0.618 bits per heavy atom. The first kappa shape index (κ1) is 24.8. The van der Waals surface area contributed by atoms with E-state index >= 15 is 0 Å². The number of carbonyl (C=O) groups excluding carboxylic acids is 1. The first-order chi connectivity index (χ1) is 16.4. The van der Waals surface area contributed by atoms with E-state index in [0.717, 1.165) is 15.9 Å². The van der Waals surface area contributed by atoms with Crippen LogP contribution >= 0.6 is 52.0 Å². The Balaban J connectivity index is 2.07. The molecule has 0 aliphatic heterocycles. The van der Waals surface area contributed by atoms with Crippen molar-refractivity contribution in [3.05, 3.63) is 136 Å². The van der Waals surface area contributed by atoms with Crippen LogP contribution in [0.3, 0.4) is 0 Å². The minimum absolute atomic E-state index is 0.119. The van der Waals surface area contributed by atoms with Gasteiger partial charge in [0.1, 0.15) is 0 Å². The molecule has 0 spiro atoms. The quantitative estimate of drug-likeness (QED) is 0.251. The average Bonchev–Trinajstić information content (AvgIpc) is 2.88. The van der Waals surface area contributed by atoms with E-state index in [0.29, 0.717) is 10.6 Å². The Morgan fingerprint density at radius 3 is 1.35 bits per heavy atom. The van der Waals surface area contributed by atoms with E-state index in [1.165, 1.54) is 0 Å². The molecule has 0 fully saturated rings. The van der Waals surface area contributed by atoms with E-state index < -0.39 is 11.9 Å². The Morgan fingerprint density at radius 2 is 1.00 bits per heavy atom. The monoisotopic (exact) mass is 545 g/mol. The SMILES string of the molecule is O=C(NC(=C(Cl)Cl)P(Cl)(c1ccccc1)(c1ccccc1)c1ccccc1)c1ccc(Cl)cc1. The molecule has 0 aromatic heterocycles. The van der Waals surface area contributed by atoms with Crippen molar-refractivity contribution in [3.8, 4) is 0 Å². The van der Waals surface area contributed by atoms with Gasteiger partial charge in [0.25, 0.3) is 0 Å². The van der Waals surface area contributed by atoms with Gasteiger partial charge in [-0.3, -0.25) is 0 Å². The summed E-state index contributed by atoms with van der Waals surface area (Å²) in [5, 5.41) is 5.88. The Bertz CT molecular complexity index is 1220. The van der Waals surface area contributed by atoms with Gasteiger partial charge in [0.2, 0.25) is 0 Å². The van der Waals surface area contributed by atoms with Gasteiger partial charge in [-0.05, 0) is 0 Å². The van der Waals surface area contributed by atoms with Crippen molar-refractivity contribution >= 4 is 73.8 Å². The van der Waals surface area contributed by atoms with E-state index in [2.05, 4.69) is 5.32 Å². The fraction of sp³-hybridized carbons (Fsp3) is 0. The first-order valence-electron chi connectivity index (χ1n) is 10.4. The molecule has 0 unspecified atom stereocenters. The molecule has 4 aromatic carbocycles. The minimum atomic E-state index is -4.12. The first-order valence-corrected chi connectivity index (χ1v) is 14.7. The number of benzene rings is 4. The van der Waals surface area contributed by atoms with Crippen LogP contribution in [0.2, 0.25) is 5.02 Å². The van der Waals surface area contributed by atoms with Crippen molar-refractivity contribution < 1.29 is 4.79 Å². The van der Waals surface area contributed by atoms with Crippen LogP contribution < -0.4 is 21.2 Å². The molecule has 2 nitrogen and oxygen atoms in total. The third-order valence-electron chi connectivity index (χ3n) is 5.66. The van der Waals surface area contributed by atoms with Crippen LogP contribution in [0.25, 0.3) is 0 Å². The number of amides is 1. The van der Waals surface area contributed by atoms with Crippen LogP contribution in [0.4, 0.5) is 0 Å². The van der Waals surface area contributed by atoms with Crippen LogP contribution in [0, 0.1) is 0 Å². The standard InChI is InChI=1S/C27H20Cl4NOP/c28-21-18-16-20(17-19-21)26(33)32-27(25(29)30)34(31,22-10-4-1-5-11-22,23-12-6-2-7-13-23)24-14-8-3-9-15-24/h1-19H,(H,32,33). The van der Waals surface area contributed by atoms with Gasteiger partial charge in [0, 0.05) is 0 Å². The number of carbonyl (C=O) groups is 1. The predicted octanol–water partition coefficient (Wildman–Crippen LogP) is 7.36. The number of nitrogens with one attached hydrogen (secondary N) is 1. The Hall–Kier alpha value is -2.32. The summed E-state index contributed by atoms with van der Waals surface area (Å²) in [5.41, 5.74) is 0.645. The molecule has 172 valence electrons. The summed E-state index contributed by atoms with van der Waals surface area (Å²) in [6.07, 6.45) is 0. The number of halogens is 4. The molecule has 0 aliphatic carbocycles. The van der Waals surface area contributed by atoms with E-state index in [9.17, 15) is 4.79 Å². The normalized spacial score (nSPS) is 12.3. The maximum absolute atomic E-state index is 13.4. The van der Waals surface area contributed by atoms with Crippen LogP contribution in [-0.2, 0) is 0 Å². The summed E-state index contributed by atoms with van der Waals surface area (Å²) < 4.78 is -0.119. The summed E-state index contributed by atoms with van der Waals surface area (Å²) in [5.74, 6) is -4.52. The van der Waals surface area contributed by atoms with Gasteiger partial charge in [-0.25, -0.2) is 0 Å². The second-order valence-corrected chi connectivity index (χ2v) is 15.0. The molecule has 4 rings (SSSR count). The van der Waals surface area contributed by atoms with Gasteiger partial charge in [-0.2, -0.15) is 0 Å². The molecule has 1 amide bonds. The zero-order valence-corrected chi connectivity index (χ0v) is 21.8. The zero-order chi connectivity index (χ0) is 24.2. The molecule has 34 heavy (non-hydrogen) atoms. The van der Waals surface area contributed by atoms with Gasteiger partial charge >= 0.3 is 220 Å². The zero-order valence-electron chi connectivity index (χ0n) is 17.8. The second-order valence-electron chi connectivity index (χ2n) is 7.59. The van der Waals surface area contributed by atoms with Gasteiger partial charge in [0.05, 0.1) is 0 Å². The second kappa shape index (κ2) is 10.1. The van der Waals surface area contributed by atoms with Crippen molar-refractivity contribution in [2.24, 2.45) is 0 Å². The van der Waals surface area contributed by atoms with Crippen molar-refractivity contribution in [1.82, 2.24) is 5.32 Å². The molecule has 0 bridgehead atoms. The predicted molar refractivity (Wildman–Crippen MR) is 149 cm³/mol. The summed E-state index contributed by atoms with van der Waals surface area (Å²) in [6, 6.07) is 35.4.